The van der Waals surface area contributed by atoms with E-state index in [1.54, 1.807) is 4.98 Å². The number of alkyl halides is 6. The van der Waals surface area contributed by atoms with Crippen LogP contribution in [0.25, 0.3) is 11.0 Å². The smallest absolute Gasteiger partial charge is 0.480 e. The van der Waals surface area contributed by atoms with Crippen LogP contribution in [0.2, 0.25) is 0 Å². The van der Waals surface area contributed by atoms with Crippen LogP contribution in [-0.2, 0) is 6.18 Å². The Morgan fingerprint density at radius 1 is 1.14 bits per heavy atom. The van der Waals surface area contributed by atoms with Gasteiger partial charge in [-0.3, -0.25) is 9.78 Å². The lowest BCUT2D eigenvalue weighted by Crippen LogP contribution is -2.17. The highest BCUT2D eigenvalue weighted by atomic mass is 19.4. The van der Waals surface area contributed by atoms with Gasteiger partial charge in [-0.25, -0.2) is 4.68 Å². The molecule has 0 spiro atoms. The number of fused-ring (bicyclic) bond motifs is 1. The van der Waals surface area contributed by atoms with Gasteiger partial charge >= 0.3 is 12.5 Å². The average molecular weight is 408 g/mol. The van der Waals surface area contributed by atoms with Crippen LogP contribution < -0.4 is 10.3 Å². The maximum absolute atomic E-state index is 13.2. The number of aromatic nitrogens is 4. The van der Waals surface area contributed by atoms with Gasteiger partial charge in [0.05, 0.1) is 6.04 Å². The van der Waals surface area contributed by atoms with Crippen molar-refractivity contribution < 1.29 is 36.2 Å². The number of aromatic amines is 1. The summed E-state index contributed by atoms with van der Waals surface area (Å²) in [5, 5.41) is 12.0. The number of hydrogen-bond acceptors (Lipinski definition) is 5. The first-order valence-electron chi connectivity index (χ1n) is 7.51. The van der Waals surface area contributed by atoms with Crippen molar-refractivity contribution in [3.05, 3.63) is 45.9 Å². The molecule has 0 fully saturated rings. The minimum Gasteiger partial charge on any atom is -0.480 e. The van der Waals surface area contributed by atoms with E-state index in [2.05, 4.69) is 14.8 Å². The SMILES string of the molecule is C[C@@H](c1ccc(OC(F)(F)F)cc1)n1nc(C(F)(F)F)c2c(=O)[nH]c(O)nc21. The van der Waals surface area contributed by atoms with Crippen LogP contribution in [0.15, 0.2) is 29.1 Å². The second-order valence-electron chi connectivity index (χ2n) is 5.67. The molecule has 0 saturated heterocycles. The fraction of sp³-hybridized carbons (Fsp3) is 0.267. The van der Waals surface area contributed by atoms with E-state index < -0.39 is 52.6 Å². The molecule has 0 saturated carbocycles. The van der Waals surface area contributed by atoms with E-state index in [0.717, 1.165) is 16.8 Å². The van der Waals surface area contributed by atoms with Gasteiger partial charge in [-0.1, -0.05) is 12.1 Å². The number of H-pyrrole nitrogens is 1. The van der Waals surface area contributed by atoms with E-state index in [1.165, 1.54) is 19.1 Å². The summed E-state index contributed by atoms with van der Waals surface area (Å²) in [5.41, 5.74) is -3.01. The summed E-state index contributed by atoms with van der Waals surface area (Å²) in [6.07, 6.45) is -9.87. The molecule has 1 aromatic carbocycles. The van der Waals surface area contributed by atoms with Crippen molar-refractivity contribution in [2.75, 3.05) is 0 Å². The third-order valence-electron chi connectivity index (χ3n) is 3.78. The Morgan fingerprint density at radius 3 is 2.29 bits per heavy atom. The molecule has 0 radical (unpaired) electrons. The van der Waals surface area contributed by atoms with Crippen molar-refractivity contribution >= 4 is 11.0 Å². The molecule has 0 aliphatic heterocycles. The molecular formula is C15H10F6N4O3. The van der Waals surface area contributed by atoms with Crippen LogP contribution >= 0.6 is 0 Å². The van der Waals surface area contributed by atoms with Crippen LogP contribution in [0.4, 0.5) is 26.3 Å². The van der Waals surface area contributed by atoms with Gasteiger partial charge in [-0.2, -0.15) is 23.3 Å². The molecule has 7 nitrogen and oxygen atoms in total. The Kier molecular flexibility index (Phi) is 4.47. The predicted molar refractivity (Wildman–Crippen MR) is 81.8 cm³/mol. The van der Waals surface area contributed by atoms with Gasteiger partial charge in [0.2, 0.25) is 0 Å². The first kappa shape index (κ1) is 19.5. The van der Waals surface area contributed by atoms with Crippen LogP contribution in [0.1, 0.15) is 24.2 Å². The number of benzene rings is 1. The van der Waals surface area contributed by atoms with E-state index in [4.69, 9.17) is 0 Å². The van der Waals surface area contributed by atoms with Gasteiger partial charge in [0.15, 0.2) is 11.3 Å². The molecule has 2 N–H and O–H groups in total. The third kappa shape index (κ3) is 3.73. The van der Waals surface area contributed by atoms with Crippen LogP contribution in [0.3, 0.4) is 0 Å². The summed E-state index contributed by atoms with van der Waals surface area (Å²) in [5.74, 6) is -0.517. The van der Waals surface area contributed by atoms with E-state index >= 15 is 0 Å². The first-order valence-corrected chi connectivity index (χ1v) is 7.51. The van der Waals surface area contributed by atoms with Gasteiger partial charge in [0.25, 0.3) is 11.6 Å². The number of halogens is 6. The molecule has 2 aromatic heterocycles. The van der Waals surface area contributed by atoms with Crippen molar-refractivity contribution in [1.82, 2.24) is 19.7 Å². The highest BCUT2D eigenvalue weighted by molar-refractivity contribution is 5.78. The highest BCUT2D eigenvalue weighted by Gasteiger charge is 2.39. The number of hydrogen-bond donors (Lipinski definition) is 2. The average Bonchev–Trinajstić information content (AvgIpc) is 2.93. The lowest BCUT2D eigenvalue weighted by atomic mass is 10.1. The Morgan fingerprint density at radius 2 is 1.75 bits per heavy atom. The second kappa shape index (κ2) is 6.42. The number of ether oxygens (including phenoxy) is 1. The first-order chi connectivity index (χ1) is 12.9. The summed E-state index contributed by atoms with van der Waals surface area (Å²) in [7, 11) is 0. The molecule has 0 amide bonds. The number of nitrogens with zero attached hydrogens (tertiary/aromatic N) is 3. The molecule has 3 rings (SSSR count). The Labute approximate surface area is 151 Å². The number of rotatable bonds is 3. The molecule has 150 valence electrons. The fourth-order valence-corrected chi connectivity index (χ4v) is 2.59. The standard InChI is InChI=1S/C15H10F6N4O3/c1-6(7-2-4-8(5-3-7)28-15(19,20)21)25-11-9(10(24-25)14(16,17)18)12(26)23-13(27)22-11/h2-6H,1H3,(H2,22,23,26,27)/t6-/m0/s1. The minimum atomic E-state index is -4.97. The molecular weight excluding hydrogens is 398 g/mol. The lowest BCUT2D eigenvalue weighted by Gasteiger charge is -2.15. The molecule has 28 heavy (non-hydrogen) atoms. The lowest BCUT2D eigenvalue weighted by molar-refractivity contribution is -0.274. The predicted octanol–water partition coefficient (Wildman–Crippen LogP) is 3.35. The van der Waals surface area contributed by atoms with Gasteiger partial charge in [-0.15, -0.1) is 13.2 Å². The van der Waals surface area contributed by atoms with Crippen molar-refractivity contribution in [2.24, 2.45) is 0 Å². The van der Waals surface area contributed by atoms with Gasteiger partial charge < -0.3 is 9.84 Å². The van der Waals surface area contributed by atoms with E-state index in [1.807, 2.05) is 0 Å². The number of nitrogens with one attached hydrogen (secondary N) is 1. The van der Waals surface area contributed by atoms with Gasteiger partial charge in [0.1, 0.15) is 11.1 Å². The summed E-state index contributed by atoms with van der Waals surface area (Å²) in [4.78, 5) is 17.2. The summed E-state index contributed by atoms with van der Waals surface area (Å²) >= 11 is 0. The maximum Gasteiger partial charge on any atom is 0.573 e. The van der Waals surface area contributed by atoms with Crippen molar-refractivity contribution in [3.63, 3.8) is 0 Å². The summed E-state index contributed by atoms with van der Waals surface area (Å²) < 4.78 is 80.9. The molecule has 0 bridgehead atoms. The third-order valence-corrected chi connectivity index (χ3v) is 3.78. The zero-order valence-corrected chi connectivity index (χ0v) is 13.8. The van der Waals surface area contributed by atoms with Gasteiger partial charge in [-0.05, 0) is 24.6 Å². The Hall–Kier alpha value is -3.25. The molecule has 2 heterocycles. The topological polar surface area (TPSA) is 93.0 Å². The van der Waals surface area contributed by atoms with Crippen LogP contribution in [0, 0.1) is 0 Å². The molecule has 1 atom stereocenters. The molecule has 0 aliphatic rings. The molecule has 0 aliphatic carbocycles. The van der Waals surface area contributed by atoms with E-state index in [-0.39, 0.29) is 5.56 Å². The van der Waals surface area contributed by atoms with Crippen molar-refractivity contribution in [1.29, 1.82) is 0 Å². The molecule has 0 unspecified atom stereocenters. The van der Waals surface area contributed by atoms with Gasteiger partial charge in [0, 0.05) is 0 Å². The highest BCUT2D eigenvalue weighted by Crippen LogP contribution is 2.34. The van der Waals surface area contributed by atoms with Crippen LogP contribution in [0.5, 0.6) is 11.8 Å². The minimum absolute atomic E-state index is 0.259. The Bertz CT molecular complexity index is 1070. The van der Waals surface area contributed by atoms with Crippen LogP contribution in [-0.4, -0.2) is 31.2 Å². The summed E-state index contributed by atoms with van der Waals surface area (Å²) in [6.45, 7) is 1.39. The Balaban J connectivity index is 2.09. The van der Waals surface area contributed by atoms with E-state index in [9.17, 15) is 36.2 Å². The largest absolute Gasteiger partial charge is 0.573 e. The van der Waals surface area contributed by atoms with Crippen molar-refractivity contribution in [3.8, 4) is 11.8 Å². The summed E-state index contributed by atoms with van der Waals surface area (Å²) in [6, 6.07) is 2.47. The zero-order chi connectivity index (χ0) is 20.9. The maximum atomic E-state index is 13.2. The monoisotopic (exact) mass is 408 g/mol. The second-order valence-corrected chi connectivity index (χ2v) is 5.67. The normalized spacial score (nSPS) is 13.7. The fourth-order valence-electron chi connectivity index (χ4n) is 2.59. The quantitative estimate of drug-likeness (QED) is 0.649. The van der Waals surface area contributed by atoms with Crippen molar-refractivity contribution in [2.45, 2.75) is 25.5 Å². The molecule has 13 heteroatoms. The number of aromatic hydroxyl groups is 1. The van der Waals surface area contributed by atoms with E-state index in [0.29, 0.717) is 0 Å². The zero-order valence-electron chi connectivity index (χ0n) is 13.8. The molecule has 3 aromatic rings.